The summed E-state index contributed by atoms with van der Waals surface area (Å²) in [6, 6.07) is 5.44. The summed E-state index contributed by atoms with van der Waals surface area (Å²) in [6.45, 7) is 6.25. The number of carboxylic acid groups (broad SMARTS) is 1. The van der Waals surface area contributed by atoms with Crippen LogP contribution in [0.4, 0.5) is 0 Å². The first-order valence-electron chi connectivity index (χ1n) is 4.79. The molecule has 1 N–H and O–H groups in total. The van der Waals surface area contributed by atoms with Gasteiger partial charge >= 0.3 is 5.97 Å². The van der Waals surface area contributed by atoms with Crippen molar-refractivity contribution < 1.29 is 9.90 Å². The second-order valence-corrected chi connectivity index (χ2v) is 5.08. The van der Waals surface area contributed by atoms with E-state index in [4.69, 9.17) is 5.11 Å². The van der Waals surface area contributed by atoms with Crippen LogP contribution >= 0.6 is 15.9 Å². The first-order chi connectivity index (χ1) is 6.88. The minimum absolute atomic E-state index is 0.0332. The molecule has 0 radical (unpaired) electrons. The van der Waals surface area contributed by atoms with E-state index >= 15 is 0 Å². The maximum absolute atomic E-state index is 11.0. The Morgan fingerprint density at radius 3 is 2.40 bits per heavy atom. The summed E-state index contributed by atoms with van der Waals surface area (Å²) in [7, 11) is 0. The summed E-state index contributed by atoms with van der Waals surface area (Å²) in [5.74, 6) is -0.865. The number of carbonyl (C=O) groups is 1. The third kappa shape index (κ3) is 2.59. The van der Waals surface area contributed by atoms with Crippen LogP contribution in [0.15, 0.2) is 18.2 Å². The smallest absolute Gasteiger partial charge is 0.336 e. The Labute approximate surface area is 98.4 Å². The predicted octanol–water partition coefficient (Wildman–Crippen LogP) is 3.58. The number of halogens is 1. The molecule has 0 amide bonds. The molecule has 0 spiro atoms. The lowest BCUT2D eigenvalue weighted by Gasteiger charge is -2.23. The predicted molar refractivity (Wildman–Crippen MR) is 64.7 cm³/mol. The highest BCUT2D eigenvalue weighted by molar-refractivity contribution is 9.08. The number of hydrogen-bond donors (Lipinski definition) is 1. The molecule has 15 heavy (non-hydrogen) atoms. The van der Waals surface area contributed by atoms with Crippen molar-refractivity contribution in [2.45, 2.75) is 31.5 Å². The van der Waals surface area contributed by atoms with Gasteiger partial charge in [0.25, 0.3) is 0 Å². The third-order valence-corrected chi connectivity index (χ3v) is 2.91. The monoisotopic (exact) mass is 270 g/mol. The number of aromatic carboxylic acids is 1. The van der Waals surface area contributed by atoms with Gasteiger partial charge in [-0.15, -0.1) is 0 Å². The summed E-state index contributed by atoms with van der Waals surface area (Å²) < 4.78 is 0. The highest BCUT2D eigenvalue weighted by Crippen LogP contribution is 2.29. The highest BCUT2D eigenvalue weighted by atomic mass is 79.9. The molecule has 0 unspecified atom stereocenters. The highest BCUT2D eigenvalue weighted by Gasteiger charge is 2.21. The molecule has 1 aromatic carbocycles. The van der Waals surface area contributed by atoms with Gasteiger partial charge in [0, 0.05) is 5.33 Å². The molecule has 0 saturated heterocycles. The van der Waals surface area contributed by atoms with Gasteiger partial charge in [-0.2, -0.15) is 0 Å². The number of carboxylic acids is 1. The second-order valence-electron chi connectivity index (χ2n) is 4.52. The van der Waals surface area contributed by atoms with Crippen LogP contribution in [0.2, 0.25) is 0 Å². The SMILES string of the molecule is CC(C)(C)c1cccc(C(=O)O)c1CBr. The van der Waals surface area contributed by atoms with Gasteiger partial charge in [-0.05, 0) is 22.6 Å². The van der Waals surface area contributed by atoms with Gasteiger partial charge in [0.2, 0.25) is 0 Å². The Morgan fingerprint density at radius 1 is 1.40 bits per heavy atom. The van der Waals surface area contributed by atoms with E-state index in [0.29, 0.717) is 10.9 Å². The zero-order valence-corrected chi connectivity index (χ0v) is 10.8. The lowest BCUT2D eigenvalue weighted by Crippen LogP contribution is -2.16. The molecule has 0 aliphatic heterocycles. The fourth-order valence-corrected chi connectivity index (χ4v) is 2.24. The van der Waals surface area contributed by atoms with Crippen LogP contribution in [0.1, 0.15) is 42.3 Å². The standard InChI is InChI=1S/C12H15BrO2/c1-12(2,3)10-6-4-5-8(11(14)15)9(10)7-13/h4-6H,7H2,1-3H3,(H,14,15). The summed E-state index contributed by atoms with van der Waals surface area (Å²) in [5.41, 5.74) is 2.31. The topological polar surface area (TPSA) is 37.3 Å². The van der Waals surface area contributed by atoms with Crippen LogP contribution in [0.5, 0.6) is 0 Å². The van der Waals surface area contributed by atoms with Crippen molar-refractivity contribution in [3.63, 3.8) is 0 Å². The quantitative estimate of drug-likeness (QED) is 0.835. The molecule has 82 valence electrons. The minimum Gasteiger partial charge on any atom is -0.478 e. The lowest BCUT2D eigenvalue weighted by molar-refractivity contribution is 0.0696. The normalized spacial score (nSPS) is 11.5. The molecule has 1 aromatic rings. The van der Waals surface area contributed by atoms with Crippen molar-refractivity contribution >= 4 is 21.9 Å². The Morgan fingerprint density at radius 2 is 2.00 bits per heavy atom. The van der Waals surface area contributed by atoms with Crippen molar-refractivity contribution in [3.05, 3.63) is 34.9 Å². The van der Waals surface area contributed by atoms with E-state index in [1.165, 1.54) is 0 Å². The third-order valence-electron chi connectivity index (χ3n) is 2.35. The van der Waals surface area contributed by atoms with Crippen LogP contribution in [-0.4, -0.2) is 11.1 Å². The van der Waals surface area contributed by atoms with Crippen molar-refractivity contribution in [1.29, 1.82) is 0 Å². The number of hydrogen-bond acceptors (Lipinski definition) is 1. The van der Waals surface area contributed by atoms with E-state index < -0.39 is 5.97 Å². The van der Waals surface area contributed by atoms with E-state index in [-0.39, 0.29) is 5.41 Å². The van der Waals surface area contributed by atoms with Crippen molar-refractivity contribution in [3.8, 4) is 0 Å². The van der Waals surface area contributed by atoms with Gasteiger partial charge in [-0.1, -0.05) is 48.8 Å². The van der Waals surface area contributed by atoms with Crippen molar-refractivity contribution in [2.75, 3.05) is 0 Å². The Balaban J connectivity index is 3.42. The molecule has 0 atom stereocenters. The van der Waals surface area contributed by atoms with Gasteiger partial charge in [0.1, 0.15) is 0 Å². The van der Waals surface area contributed by atoms with Crippen LogP contribution in [0.25, 0.3) is 0 Å². The molecule has 0 bridgehead atoms. The summed E-state index contributed by atoms with van der Waals surface area (Å²) in [5, 5.41) is 9.64. The van der Waals surface area contributed by atoms with E-state index in [1.807, 2.05) is 6.07 Å². The molecule has 0 saturated carbocycles. The molecule has 0 heterocycles. The number of benzene rings is 1. The largest absolute Gasteiger partial charge is 0.478 e. The minimum atomic E-state index is -0.865. The van der Waals surface area contributed by atoms with Crippen molar-refractivity contribution in [2.24, 2.45) is 0 Å². The number of alkyl halides is 1. The van der Waals surface area contributed by atoms with Crippen molar-refractivity contribution in [1.82, 2.24) is 0 Å². The first-order valence-corrected chi connectivity index (χ1v) is 5.91. The molecular weight excluding hydrogens is 256 g/mol. The Bertz CT molecular complexity index is 378. The van der Waals surface area contributed by atoms with E-state index in [1.54, 1.807) is 12.1 Å². The van der Waals surface area contributed by atoms with Gasteiger partial charge in [0.15, 0.2) is 0 Å². The first kappa shape index (κ1) is 12.2. The van der Waals surface area contributed by atoms with Crippen LogP contribution in [-0.2, 0) is 10.7 Å². The molecule has 1 rings (SSSR count). The molecule has 0 fully saturated rings. The van der Waals surface area contributed by atoms with Gasteiger partial charge in [0.05, 0.1) is 5.56 Å². The molecule has 0 aromatic heterocycles. The van der Waals surface area contributed by atoms with E-state index in [0.717, 1.165) is 11.1 Å². The molecule has 0 aliphatic carbocycles. The summed E-state index contributed by atoms with van der Waals surface area (Å²) >= 11 is 3.36. The Hall–Kier alpha value is -0.830. The van der Waals surface area contributed by atoms with E-state index in [9.17, 15) is 4.79 Å². The zero-order valence-electron chi connectivity index (χ0n) is 9.17. The molecule has 2 nitrogen and oxygen atoms in total. The van der Waals surface area contributed by atoms with Crippen LogP contribution < -0.4 is 0 Å². The maximum Gasteiger partial charge on any atom is 0.336 e. The Kier molecular flexibility index (Phi) is 3.55. The van der Waals surface area contributed by atoms with Gasteiger partial charge in [-0.25, -0.2) is 4.79 Å². The average molecular weight is 271 g/mol. The van der Waals surface area contributed by atoms with Gasteiger partial charge < -0.3 is 5.11 Å². The fourth-order valence-electron chi connectivity index (χ4n) is 1.63. The average Bonchev–Trinajstić information content (AvgIpc) is 2.15. The molecule has 0 aliphatic rings. The fraction of sp³-hybridized carbons (Fsp3) is 0.417. The summed E-state index contributed by atoms with van der Waals surface area (Å²) in [4.78, 5) is 11.0. The second kappa shape index (κ2) is 4.35. The van der Waals surface area contributed by atoms with Crippen LogP contribution in [0, 0.1) is 0 Å². The lowest BCUT2D eigenvalue weighted by atomic mass is 9.82. The van der Waals surface area contributed by atoms with Gasteiger partial charge in [-0.3, -0.25) is 0 Å². The van der Waals surface area contributed by atoms with Crippen LogP contribution in [0.3, 0.4) is 0 Å². The summed E-state index contributed by atoms with van der Waals surface area (Å²) in [6.07, 6.45) is 0. The maximum atomic E-state index is 11.0. The number of rotatable bonds is 2. The van der Waals surface area contributed by atoms with E-state index in [2.05, 4.69) is 36.7 Å². The molecular formula is C12H15BrO2. The molecule has 3 heteroatoms. The zero-order chi connectivity index (χ0) is 11.6.